The van der Waals surface area contributed by atoms with E-state index in [1.165, 1.54) is 23.3 Å². The monoisotopic (exact) mass is 512 g/mol. The highest BCUT2D eigenvalue weighted by Gasteiger charge is 2.45. The Morgan fingerprint density at radius 2 is 1.88 bits per heavy atom. The predicted molar refractivity (Wildman–Crippen MR) is 125 cm³/mol. The Morgan fingerprint density at radius 1 is 1.09 bits per heavy atom. The highest BCUT2D eigenvalue weighted by atomic mass is 79.9. The molecular weight excluding hydrogens is 496 g/mol. The van der Waals surface area contributed by atoms with Crippen LogP contribution < -0.4 is 19.8 Å². The molecule has 1 atom stereocenters. The number of amides is 1. The largest absolute Gasteiger partial charge is 0.493 e. The minimum absolute atomic E-state index is 0.0254. The Kier molecular flexibility index (Phi) is 5.02. The number of carbonyl (C=O) groups excluding carboxylic acids is 1. The van der Waals surface area contributed by atoms with Crippen molar-refractivity contribution in [3.05, 3.63) is 79.1 Å². The van der Waals surface area contributed by atoms with E-state index in [2.05, 4.69) is 20.9 Å². The van der Waals surface area contributed by atoms with E-state index in [1.54, 1.807) is 37.4 Å². The van der Waals surface area contributed by atoms with Crippen molar-refractivity contribution < 1.29 is 18.7 Å². The van der Waals surface area contributed by atoms with Gasteiger partial charge in [0.05, 0.1) is 36.9 Å². The van der Waals surface area contributed by atoms with Gasteiger partial charge in [-0.3, -0.25) is 14.5 Å². The van der Waals surface area contributed by atoms with Crippen LogP contribution in [0.5, 0.6) is 11.5 Å². The molecule has 0 spiro atoms. The molecule has 0 radical (unpaired) electrons. The highest BCUT2D eigenvalue weighted by Crippen LogP contribution is 2.44. The predicted octanol–water partition coefficient (Wildman–Crippen LogP) is 5.09. The number of aryl methyl sites for hydroxylation is 1. The number of rotatable bonds is 4. The van der Waals surface area contributed by atoms with Crippen LogP contribution in [0.2, 0.25) is 0 Å². The number of anilines is 1. The van der Waals surface area contributed by atoms with E-state index >= 15 is 0 Å². The lowest BCUT2D eigenvalue weighted by Crippen LogP contribution is -2.29. The maximum atomic E-state index is 13.6. The molecule has 0 unspecified atom stereocenters. The van der Waals surface area contributed by atoms with Crippen molar-refractivity contribution in [2.75, 3.05) is 19.1 Å². The second-order valence-electron chi connectivity index (χ2n) is 7.28. The van der Waals surface area contributed by atoms with Crippen LogP contribution in [0.4, 0.5) is 5.13 Å². The third-order valence-electron chi connectivity index (χ3n) is 5.37. The second-order valence-corrected chi connectivity index (χ2v) is 9.03. The standard InChI is InChI=1S/C23H17BrN2O5S/c1-11-10-32-23(25-11)26-19(12-4-6-16(29-2)17(8-12)30-3)18-20(27)14-9-13(24)5-7-15(14)31-21(18)22(26)28/h4-10,19H,1-3H3/t19-/m1/s1. The summed E-state index contributed by atoms with van der Waals surface area (Å²) in [5, 5.41) is 2.75. The third kappa shape index (κ3) is 3.11. The fourth-order valence-electron chi connectivity index (χ4n) is 3.93. The molecule has 3 heterocycles. The van der Waals surface area contributed by atoms with Crippen LogP contribution in [0.15, 0.2) is 55.5 Å². The number of nitrogens with zero attached hydrogens (tertiary/aromatic N) is 2. The van der Waals surface area contributed by atoms with Gasteiger partial charge < -0.3 is 13.9 Å². The number of aromatic nitrogens is 1. The van der Waals surface area contributed by atoms with Gasteiger partial charge in [0.1, 0.15) is 5.58 Å². The first-order chi connectivity index (χ1) is 15.4. The van der Waals surface area contributed by atoms with Crippen LogP contribution in [0.3, 0.4) is 0 Å². The molecule has 0 aliphatic carbocycles. The first-order valence-corrected chi connectivity index (χ1v) is 11.3. The molecule has 0 bridgehead atoms. The summed E-state index contributed by atoms with van der Waals surface area (Å²) in [5.74, 6) is 0.662. The fourth-order valence-corrected chi connectivity index (χ4v) is 5.12. The summed E-state index contributed by atoms with van der Waals surface area (Å²) in [4.78, 5) is 33.2. The number of ether oxygens (including phenoxy) is 2. The Balaban J connectivity index is 1.81. The number of methoxy groups -OCH3 is 2. The van der Waals surface area contributed by atoms with Gasteiger partial charge in [-0.15, -0.1) is 11.3 Å². The van der Waals surface area contributed by atoms with Crippen molar-refractivity contribution in [2.45, 2.75) is 13.0 Å². The van der Waals surface area contributed by atoms with Crippen molar-refractivity contribution in [3.8, 4) is 11.5 Å². The number of benzene rings is 2. The highest BCUT2D eigenvalue weighted by molar-refractivity contribution is 9.10. The smallest absolute Gasteiger partial charge is 0.297 e. The zero-order chi connectivity index (χ0) is 22.6. The van der Waals surface area contributed by atoms with Crippen molar-refractivity contribution in [2.24, 2.45) is 0 Å². The SMILES string of the molecule is COc1ccc([C@@H]2c3c(oc4ccc(Br)cc4c3=O)C(=O)N2c2nc(C)cs2)cc1OC. The number of hydrogen-bond donors (Lipinski definition) is 0. The molecule has 0 saturated heterocycles. The topological polar surface area (TPSA) is 81.9 Å². The van der Waals surface area contributed by atoms with E-state index in [4.69, 9.17) is 13.9 Å². The minimum Gasteiger partial charge on any atom is -0.493 e. The summed E-state index contributed by atoms with van der Waals surface area (Å²) in [6, 6.07) is 9.76. The van der Waals surface area contributed by atoms with Gasteiger partial charge >= 0.3 is 0 Å². The van der Waals surface area contributed by atoms with E-state index in [0.29, 0.717) is 33.2 Å². The molecule has 9 heteroatoms. The molecular formula is C23H17BrN2O5S. The average molecular weight is 513 g/mol. The number of hydrogen-bond acceptors (Lipinski definition) is 7. The molecule has 4 aromatic rings. The minimum atomic E-state index is -0.720. The zero-order valence-electron chi connectivity index (χ0n) is 17.3. The van der Waals surface area contributed by atoms with Gasteiger partial charge in [0, 0.05) is 9.85 Å². The Labute approximate surface area is 195 Å². The molecule has 32 heavy (non-hydrogen) atoms. The molecule has 1 amide bonds. The maximum Gasteiger partial charge on any atom is 0.297 e. The number of thiazole rings is 1. The summed E-state index contributed by atoms with van der Waals surface area (Å²) in [6.07, 6.45) is 0. The van der Waals surface area contributed by atoms with Gasteiger partial charge in [0.15, 0.2) is 22.1 Å². The van der Waals surface area contributed by atoms with E-state index < -0.39 is 11.9 Å². The molecule has 5 rings (SSSR count). The maximum absolute atomic E-state index is 13.6. The summed E-state index contributed by atoms with van der Waals surface area (Å²) < 4.78 is 17.5. The van der Waals surface area contributed by atoms with E-state index in [1.807, 2.05) is 18.4 Å². The summed E-state index contributed by atoms with van der Waals surface area (Å²) in [6.45, 7) is 1.86. The van der Waals surface area contributed by atoms with Crippen molar-refractivity contribution in [3.63, 3.8) is 0 Å². The van der Waals surface area contributed by atoms with E-state index in [9.17, 15) is 9.59 Å². The van der Waals surface area contributed by atoms with Crippen molar-refractivity contribution >= 4 is 49.3 Å². The van der Waals surface area contributed by atoms with Gasteiger partial charge in [-0.1, -0.05) is 22.0 Å². The normalized spacial score (nSPS) is 15.3. The van der Waals surface area contributed by atoms with Gasteiger partial charge in [0.2, 0.25) is 5.76 Å². The van der Waals surface area contributed by atoms with E-state index in [-0.39, 0.29) is 16.8 Å². The molecule has 162 valence electrons. The summed E-state index contributed by atoms with van der Waals surface area (Å²) >= 11 is 4.75. The Bertz CT molecular complexity index is 1440. The number of carbonyl (C=O) groups is 1. The molecule has 0 fully saturated rings. The van der Waals surface area contributed by atoms with Crippen LogP contribution in [0.25, 0.3) is 11.0 Å². The van der Waals surface area contributed by atoms with Crippen LogP contribution in [-0.2, 0) is 0 Å². The lowest BCUT2D eigenvalue weighted by atomic mass is 9.98. The van der Waals surface area contributed by atoms with Crippen LogP contribution in [0, 0.1) is 6.92 Å². The number of fused-ring (bicyclic) bond motifs is 2. The molecule has 7 nitrogen and oxygen atoms in total. The van der Waals surface area contributed by atoms with Crippen molar-refractivity contribution in [1.82, 2.24) is 4.98 Å². The summed E-state index contributed by atoms with van der Waals surface area (Å²) in [7, 11) is 3.09. The quantitative estimate of drug-likeness (QED) is 0.378. The van der Waals surface area contributed by atoms with Gasteiger partial charge in [-0.25, -0.2) is 4.98 Å². The molecule has 1 aliphatic rings. The first kappa shape index (κ1) is 20.7. The fraction of sp³-hybridized carbons (Fsp3) is 0.174. The number of halogens is 1. The lowest BCUT2D eigenvalue weighted by molar-refractivity contribution is 0.0971. The Morgan fingerprint density at radius 3 is 2.56 bits per heavy atom. The molecule has 1 aliphatic heterocycles. The lowest BCUT2D eigenvalue weighted by Gasteiger charge is -2.23. The Hall–Kier alpha value is -3.17. The third-order valence-corrected chi connectivity index (χ3v) is 6.82. The average Bonchev–Trinajstić information content (AvgIpc) is 3.34. The first-order valence-electron chi connectivity index (χ1n) is 9.66. The van der Waals surface area contributed by atoms with Crippen molar-refractivity contribution in [1.29, 1.82) is 0 Å². The second kappa shape index (κ2) is 7.75. The molecule has 2 aromatic heterocycles. The van der Waals surface area contributed by atoms with Crippen LogP contribution >= 0.6 is 27.3 Å². The molecule has 0 N–H and O–H groups in total. The van der Waals surface area contributed by atoms with Gasteiger partial charge in [-0.2, -0.15) is 0 Å². The molecule has 2 aromatic carbocycles. The zero-order valence-corrected chi connectivity index (χ0v) is 19.7. The summed E-state index contributed by atoms with van der Waals surface area (Å²) in [5.41, 5.74) is 1.85. The van der Waals surface area contributed by atoms with Crippen LogP contribution in [0.1, 0.15) is 33.4 Å². The molecule has 0 saturated carbocycles. The van der Waals surface area contributed by atoms with E-state index in [0.717, 1.165) is 10.2 Å². The van der Waals surface area contributed by atoms with Gasteiger partial charge in [-0.05, 0) is 42.8 Å². The van der Waals surface area contributed by atoms with Gasteiger partial charge in [0.25, 0.3) is 5.91 Å². The van der Waals surface area contributed by atoms with Crippen LogP contribution in [-0.4, -0.2) is 25.1 Å².